The van der Waals surface area contributed by atoms with E-state index in [4.69, 9.17) is 0 Å². The number of hydrogen-bond donors (Lipinski definition) is 1. The zero-order valence-corrected chi connectivity index (χ0v) is 13.4. The molecule has 1 saturated heterocycles. The number of carbonyl (C=O) groups is 1. The highest BCUT2D eigenvalue weighted by atomic mass is 79.9. The van der Waals surface area contributed by atoms with Crippen LogP contribution in [0.2, 0.25) is 0 Å². The first-order valence-electron chi connectivity index (χ1n) is 6.93. The second kappa shape index (κ2) is 6.09. The van der Waals surface area contributed by atoms with Crippen molar-refractivity contribution in [1.82, 2.24) is 14.8 Å². The smallest absolute Gasteiger partial charge is 0.270 e. The molecule has 2 heterocycles. The molecule has 2 unspecified atom stereocenters. The summed E-state index contributed by atoms with van der Waals surface area (Å²) in [5.41, 5.74) is 0.787. The molecule has 1 aliphatic rings. The molecule has 0 saturated carbocycles. The van der Waals surface area contributed by atoms with Gasteiger partial charge in [0.1, 0.15) is 5.69 Å². The van der Waals surface area contributed by atoms with Crippen molar-refractivity contribution in [3.63, 3.8) is 0 Å². The maximum atomic E-state index is 12.7. The van der Waals surface area contributed by atoms with E-state index in [0.29, 0.717) is 6.04 Å². The van der Waals surface area contributed by atoms with Crippen molar-refractivity contribution in [2.75, 3.05) is 13.1 Å². The third-order valence-electron chi connectivity index (χ3n) is 3.57. The molecule has 2 rings (SSSR count). The first-order chi connectivity index (χ1) is 9.02. The quantitative estimate of drug-likeness (QED) is 0.926. The number of halogens is 1. The number of amides is 1. The SMILES string of the molecule is CCCn1cc(Br)cc1C(=O)N1CC(C)NCC1C. The lowest BCUT2D eigenvalue weighted by molar-refractivity contribution is 0.0605. The maximum absolute atomic E-state index is 12.7. The van der Waals surface area contributed by atoms with Gasteiger partial charge in [0.25, 0.3) is 5.91 Å². The van der Waals surface area contributed by atoms with E-state index >= 15 is 0 Å². The minimum atomic E-state index is 0.139. The van der Waals surface area contributed by atoms with Crippen LogP contribution >= 0.6 is 15.9 Å². The average molecular weight is 328 g/mol. The molecule has 5 heteroatoms. The number of rotatable bonds is 3. The third-order valence-corrected chi connectivity index (χ3v) is 4.01. The summed E-state index contributed by atoms with van der Waals surface area (Å²) in [6.45, 7) is 8.85. The van der Waals surface area contributed by atoms with Crippen LogP contribution in [0.15, 0.2) is 16.7 Å². The molecule has 1 amide bonds. The highest BCUT2D eigenvalue weighted by Gasteiger charge is 2.28. The minimum absolute atomic E-state index is 0.139. The van der Waals surface area contributed by atoms with E-state index in [2.05, 4.69) is 42.0 Å². The largest absolute Gasteiger partial charge is 0.342 e. The molecule has 1 aromatic heterocycles. The summed E-state index contributed by atoms with van der Waals surface area (Å²) in [5, 5.41) is 3.40. The van der Waals surface area contributed by atoms with Crippen molar-refractivity contribution < 1.29 is 4.79 Å². The van der Waals surface area contributed by atoms with Crippen molar-refractivity contribution in [3.05, 3.63) is 22.4 Å². The average Bonchev–Trinajstić information content (AvgIpc) is 2.73. The van der Waals surface area contributed by atoms with Gasteiger partial charge in [0.15, 0.2) is 0 Å². The van der Waals surface area contributed by atoms with Crippen LogP contribution in [-0.2, 0) is 6.54 Å². The summed E-state index contributed by atoms with van der Waals surface area (Å²) >= 11 is 3.47. The van der Waals surface area contributed by atoms with E-state index in [1.54, 1.807) is 0 Å². The lowest BCUT2D eigenvalue weighted by Gasteiger charge is -2.37. The first-order valence-corrected chi connectivity index (χ1v) is 7.72. The topological polar surface area (TPSA) is 37.3 Å². The van der Waals surface area contributed by atoms with Crippen LogP contribution in [0.5, 0.6) is 0 Å². The van der Waals surface area contributed by atoms with Gasteiger partial charge >= 0.3 is 0 Å². The second-order valence-corrected chi connectivity index (χ2v) is 6.27. The summed E-state index contributed by atoms with van der Waals surface area (Å²) < 4.78 is 3.02. The maximum Gasteiger partial charge on any atom is 0.270 e. The van der Waals surface area contributed by atoms with E-state index in [1.165, 1.54) is 0 Å². The Morgan fingerprint density at radius 3 is 2.95 bits per heavy atom. The van der Waals surface area contributed by atoms with Gasteiger partial charge in [0, 0.05) is 42.4 Å². The van der Waals surface area contributed by atoms with E-state index in [9.17, 15) is 4.79 Å². The molecule has 0 radical (unpaired) electrons. The molecule has 4 nitrogen and oxygen atoms in total. The molecular weight excluding hydrogens is 306 g/mol. The van der Waals surface area contributed by atoms with Gasteiger partial charge < -0.3 is 14.8 Å². The number of nitrogens with one attached hydrogen (secondary N) is 1. The number of nitrogens with zero attached hydrogens (tertiary/aromatic N) is 2. The normalized spacial score (nSPS) is 23.7. The van der Waals surface area contributed by atoms with Gasteiger partial charge in [-0.1, -0.05) is 6.92 Å². The van der Waals surface area contributed by atoms with Crippen LogP contribution < -0.4 is 5.32 Å². The Morgan fingerprint density at radius 2 is 2.26 bits per heavy atom. The zero-order valence-electron chi connectivity index (χ0n) is 11.8. The molecule has 0 spiro atoms. The van der Waals surface area contributed by atoms with Gasteiger partial charge in [0.2, 0.25) is 0 Å². The second-order valence-electron chi connectivity index (χ2n) is 5.35. The molecule has 0 aromatic carbocycles. The number of hydrogen-bond acceptors (Lipinski definition) is 2. The van der Waals surface area contributed by atoms with Crippen LogP contribution in [0.1, 0.15) is 37.7 Å². The van der Waals surface area contributed by atoms with E-state index in [1.807, 2.05) is 21.7 Å². The fourth-order valence-corrected chi connectivity index (χ4v) is 3.00. The molecule has 106 valence electrons. The van der Waals surface area contributed by atoms with E-state index in [-0.39, 0.29) is 11.9 Å². The van der Waals surface area contributed by atoms with Gasteiger partial charge in [-0.2, -0.15) is 0 Å². The molecular formula is C14H22BrN3O. The van der Waals surface area contributed by atoms with Crippen molar-refractivity contribution in [3.8, 4) is 0 Å². The van der Waals surface area contributed by atoms with Crippen LogP contribution in [0.25, 0.3) is 0 Å². The molecule has 1 N–H and O–H groups in total. The van der Waals surface area contributed by atoms with Crippen molar-refractivity contribution >= 4 is 21.8 Å². The molecule has 1 fully saturated rings. The number of aromatic nitrogens is 1. The highest BCUT2D eigenvalue weighted by Crippen LogP contribution is 2.19. The van der Waals surface area contributed by atoms with Crippen molar-refractivity contribution in [1.29, 1.82) is 0 Å². The Labute approximate surface area is 123 Å². The summed E-state index contributed by atoms with van der Waals surface area (Å²) in [5.74, 6) is 0.139. The number of aryl methyl sites for hydroxylation is 1. The summed E-state index contributed by atoms with van der Waals surface area (Å²) in [6.07, 6.45) is 3.02. The monoisotopic (exact) mass is 327 g/mol. The van der Waals surface area contributed by atoms with Gasteiger partial charge in [0.05, 0.1) is 0 Å². The Balaban J connectivity index is 2.22. The van der Waals surface area contributed by atoms with Gasteiger partial charge in [-0.25, -0.2) is 0 Å². The van der Waals surface area contributed by atoms with Gasteiger partial charge in [-0.05, 0) is 42.3 Å². The van der Waals surface area contributed by atoms with E-state index in [0.717, 1.165) is 36.2 Å². The Kier molecular flexibility index (Phi) is 4.68. The lowest BCUT2D eigenvalue weighted by Crippen LogP contribution is -2.56. The fraction of sp³-hybridized carbons (Fsp3) is 0.643. The van der Waals surface area contributed by atoms with E-state index < -0.39 is 0 Å². The van der Waals surface area contributed by atoms with Crippen LogP contribution in [-0.4, -0.2) is 40.5 Å². The van der Waals surface area contributed by atoms with Crippen LogP contribution in [0.4, 0.5) is 0 Å². The number of piperazine rings is 1. The van der Waals surface area contributed by atoms with Crippen molar-refractivity contribution in [2.24, 2.45) is 0 Å². The Bertz CT molecular complexity index is 458. The Morgan fingerprint density at radius 1 is 1.53 bits per heavy atom. The lowest BCUT2D eigenvalue weighted by atomic mass is 10.1. The summed E-state index contributed by atoms with van der Waals surface area (Å²) in [7, 11) is 0. The van der Waals surface area contributed by atoms with Gasteiger partial charge in [-0.3, -0.25) is 4.79 Å². The van der Waals surface area contributed by atoms with Crippen LogP contribution in [0, 0.1) is 0 Å². The summed E-state index contributed by atoms with van der Waals surface area (Å²) in [6, 6.07) is 2.53. The Hall–Kier alpha value is -0.810. The van der Waals surface area contributed by atoms with Crippen molar-refractivity contribution in [2.45, 2.75) is 45.8 Å². The minimum Gasteiger partial charge on any atom is -0.342 e. The molecule has 0 bridgehead atoms. The fourth-order valence-electron chi connectivity index (χ4n) is 2.53. The third kappa shape index (κ3) is 3.20. The van der Waals surface area contributed by atoms with Crippen LogP contribution in [0.3, 0.4) is 0 Å². The molecule has 2 atom stereocenters. The standard InChI is InChI=1S/C14H22BrN3O/c1-4-5-17-9-12(15)6-13(17)14(19)18-8-10(2)16-7-11(18)3/h6,9-11,16H,4-5,7-8H2,1-3H3. The molecule has 19 heavy (non-hydrogen) atoms. The molecule has 1 aromatic rings. The number of carbonyl (C=O) groups excluding carboxylic acids is 1. The predicted octanol–water partition coefficient (Wildman–Crippen LogP) is 2.48. The van der Waals surface area contributed by atoms with Gasteiger partial charge in [-0.15, -0.1) is 0 Å². The highest BCUT2D eigenvalue weighted by molar-refractivity contribution is 9.10. The first kappa shape index (κ1) is 14.6. The molecule has 1 aliphatic heterocycles. The zero-order chi connectivity index (χ0) is 14.0. The molecule has 0 aliphatic carbocycles. The summed E-state index contributed by atoms with van der Waals surface area (Å²) in [4.78, 5) is 14.7. The predicted molar refractivity (Wildman–Crippen MR) is 80.4 cm³/mol.